The summed E-state index contributed by atoms with van der Waals surface area (Å²) in [6, 6.07) is 7.82. The number of aryl methyl sites for hydroxylation is 1. The highest BCUT2D eigenvalue weighted by Crippen LogP contribution is 2.30. The number of fused-ring (bicyclic) bond motifs is 2. The Kier molecular flexibility index (Phi) is 4.79. The average molecular weight is 326 g/mol. The largest absolute Gasteiger partial charge is 0.469 e. The molecule has 0 fully saturated rings. The van der Waals surface area contributed by atoms with Gasteiger partial charge in [0, 0.05) is 31.1 Å². The summed E-state index contributed by atoms with van der Waals surface area (Å²) < 4.78 is 4.64. The van der Waals surface area contributed by atoms with Gasteiger partial charge in [0.1, 0.15) is 0 Å². The van der Waals surface area contributed by atoms with Crippen LogP contribution in [-0.2, 0) is 22.4 Å². The van der Waals surface area contributed by atoms with Crippen molar-refractivity contribution in [2.24, 2.45) is 0 Å². The van der Waals surface area contributed by atoms with E-state index in [9.17, 15) is 9.59 Å². The fourth-order valence-corrected chi connectivity index (χ4v) is 3.31. The predicted molar refractivity (Wildman–Crippen MR) is 92.0 cm³/mol. The fraction of sp³-hybridized carbons (Fsp3) is 0.421. The number of esters is 1. The number of carbonyl (C=O) groups is 2. The Balaban J connectivity index is 1.88. The third-order valence-corrected chi connectivity index (χ3v) is 4.58. The molecule has 1 aliphatic rings. The van der Waals surface area contributed by atoms with Crippen LogP contribution in [0.25, 0.3) is 10.9 Å². The minimum absolute atomic E-state index is 0.0108. The fourth-order valence-electron chi connectivity index (χ4n) is 3.31. The Labute approximate surface area is 141 Å². The molecule has 24 heavy (non-hydrogen) atoms. The second-order valence-electron chi connectivity index (χ2n) is 6.19. The van der Waals surface area contributed by atoms with Crippen molar-refractivity contribution in [3.63, 3.8) is 0 Å². The van der Waals surface area contributed by atoms with Crippen LogP contribution >= 0.6 is 0 Å². The number of hydrogen-bond acceptors (Lipinski definition) is 4. The number of nitrogens with zero attached hydrogens (tertiary/aromatic N) is 2. The normalized spacial score (nSPS) is 12.9. The van der Waals surface area contributed by atoms with Crippen LogP contribution in [0.5, 0.6) is 0 Å². The molecule has 2 aromatic rings. The van der Waals surface area contributed by atoms with Crippen molar-refractivity contribution in [2.75, 3.05) is 20.7 Å². The van der Waals surface area contributed by atoms with Crippen molar-refractivity contribution in [3.05, 3.63) is 41.1 Å². The molecule has 0 saturated heterocycles. The highest BCUT2D eigenvalue weighted by atomic mass is 16.5. The lowest BCUT2D eigenvalue weighted by molar-refractivity contribution is -0.140. The van der Waals surface area contributed by atoms with Crippen molar-refractivity contribution in [1.82, 2.24) is 9.88 Å². The van der Waals surface area contributed by atoms with Crippen LogP contribution in [0, 0.1) is 0 Å². The monoisotopic (exact) mass is 326 g/mol. The van der Waals surface area contributed by atoms with E-state index in [1.165, 1.54) is 7.11 Å². The lowest BCUT2D eigenvalue weighted by Gasteiger charge is -2.20. The second-order valence-corrected chi connectivity index (χ2v) is 6.19. The van der Waals surface area contributed by atoms with E-state index in [0.717, 1.165) is 47.0 Å². The van der Waals surface area contributed by atoms with Crippen LogP contribution < -0.4 is 0 Å². The number of ether oxygens (including phenoxy) is 1. The molecule has 1 heterocycles. The van der Waals surface area contributed by atoms with E-state index in [1.54, 1.807) is 11.9 Å². The standard InChI is InChI=1S/C19H22N2O3/c1-21(12-6-11-17(22)24-2)19(23)18-13-7-3-4-9-15(13)20-16-10-5-8-14(16)18/h3-4,7,9H,5-6,8,10-12H2,1-2H3. The Morgan fingerprint density at radius 1 is 1.25 bits per heavy atom. The van der Waals surface area contributed by atoms with E-state index in [4.69, 9.17) is 4.98 Å². The number of pyridine rings is 1. The third kappa shape index (κ3) is 3.11. The molecule has 0 aliphatic heterocycles. The first kappa shape index (κ1) is 16.4. The molecule has 0 unspecified atom stereocenters. The Morgan fingerprint density at radius 3 is 2.83 bits per heavy atom. The molecule has 5 heteroatoms. The van der Waals surface area contributed by atoms with Crippen molar-refractivity contribution in [3.8, 4) is 0 Å². The summed E-state index contributed by atoms with van der Waals surface area (Å²) in [5.41, 5.74) is 3.82. The predicted octanol–water partition coefficient (Wildman–Crippen LogP) is 2.75. The molecule has 0 bridgehead atoms. The molecule has 1 aromatic heterocycles. The first-order chi connectivity index (χ1) is 11.6. The molecule has 0 spiro atoms. The molecular formula is C19H22N2O3. The van der Waals surface area contributed by atoms with Gasteiger partial charge in [-0.1, -0.05) is 18.2 Å². The summed E-state index contributed by atoms with van der Waals surface area (Å²) >= 11 is 0. The zero-order valence-corrected chi connectivity index (χ0v) is 14.2. The molecule has 3 rings (SSSR count). The van der Waals surface area contributed by atoms with E-state index in [2.05, 4.69) is 4.74 Å². The molecule has 1 aromatic carbocycles. The Morgan fingerprint density at radius 2 is 2.04 bits per heavy atom. The Bertz CT molecular complexity index is 786. The van der Waals surface area contributed by atoms with Gasteiger partial charge in [-0.15, -0.1) is 0 Å². The first-order valence-electron chi connectivity index (χ1n) is 8.34. The van der Waals surface area contributed by atoms with Gasteiger partial charge in [-0.25, -0.2) is 0 Å². The summed E-state index contributed by atoms with van der Waals surface area (Å²) in [6.07, 6.45) is 3.81. The molecule has 1 aliphatic carbocycles. The highest BCUT2D eigenvalue weighted by Gasteiger charge is 2.25. The summed E-state index contributed by atoms with van der Waals surface area (Å²) in [4.78, 5) is 30.7. The topological polar surface area (TPSA) is 59.5 Å². The number of benzene rings is 1. The van der Waals surface area contributed by atoms with Crippen LogP contribution in [0.15, 0.2) is 24.3 Å². The minimum Gasteiger partial charge on any atom is -0.469 e. The van der Waals surface area contributed by atoms with E-state index < -0.39 is 0 Å². The van der Waals surface area contributed by atoms with Gasteiger partial charge in [-0.3, -0.25) is 14.6 Å². The van der Waals surface area contributed by atoms with Gasteiger partial charge in [0.05, 0.1) is 18.2 Å². The number of amides is 1. The molecule has 126 valence electrons. The number of aromatic nitrogens is 1. The maximum absolute atomic E-state index is 13.0. The van der Waals surface area contributed by atoms with Crippen molar-refractivity contribution in [2.45, 2.75) is 32.1 Å². The van der Waals surface area contributed by atoms with Gasteiger partial charge in [0.2, 0.25) is 0 Å². The van der Waals surface area contributed by atoms with Gasteiger partial charge < -0.3 is 9.64 Å². The van der Waals surface area contributed by atoms with E-state index in [1.807, 2.05) is 24.3 Å². The summed E-state index contributed by atoms with van der Waals surface area (Å²) in [5, 5.41) is 0.919. The van der Waals surface area contributed by atoms with Gasteiger partial charge in [0.15, 0.2) is 0 Å². The number of methoxy groups -OCH3 is 1. The first-order valence-corrected chi connectivity index (χ1v) is 8.34. The smallest absolute Gasteiger partial charge is 0.305 e. The molecule has 0 saturated carbocycles. The SMILES string of the molecule is COC(=O)CCCN(C)C(=O)c1c2c(nc3ccccc13)CCC2. The molecule has 0 N–H and O–H groups in total. The van der Waals surface area contributed by atoms with Gasteiger partial charge in [-0.2, -0.15) is 0 Å². The van der Waals surface area contributed by atoms with Crippen LogP contribution in [0.1, 0.15) is 40.9 Å². The average Bonchev–Trinajstić information content (AvgIpc) is 3.06. The van der Waals surface area contributed by atoms with Gasteiger partial charge in [-0.05, 0) is 37.3 Å². The van der Waals surface area contributed by atoms with Crippen LogP contribution in [0.4, 0.5) is 0 Å². The lowest BCUT2D eigenvalue weighted by Crippen LogP contribution is -2.29. The number of carbonyl (C=O) groups excluding carboxylic acids is 2. The molecule has 0 radical (unpaired) electrons. The van der Waals surface area contributed by atoms with Gasteiger partial charge >= 0.3 is 5.97 Å². The van der Waals surface area contributed by atoms with Crippen LogP contribution in [0.2, 0.25) is 0 Å². The number of rotatable bonds is 5. The Hall–Kier alpha value is -2.43. The molecule has 1 amide bonds. The van der Waals surface area contributed by atoms with E-state index in [0.29, 0.717) is 19.4 Å². The number of para-hydroxylation sites is 1. The van der Waals surface area contributed by atoms with Crippen LogP contribution in [-0.4, -0.2) is 42.5 Å². The quantitative estimate of drug-likeness (QED) is 0.793. The maximum Gasteiger partial charge on any atom is 0.305 e. The second kappa shape index (κ2) is 6.99. The van der Waals surface area contributed by atoms with Crippen molar-refractivity contribution < 1.29 is 14.3 Å². The van der Waals surface area contributed by atoms with Gasteiger partial charge in [0.25, 0.3) is 5.91 Å². The lowest BCUT2D eigenvalue weighted by atomic mass is 10.00. The van der Waals surface area contributed by atoms with E-state index >= 15 is 0 Å². The molecule has 0 atom stereocenters. The highest BCUT2D eigenvalue weighted by molar-refractivity contribution is 6.07. The third-order valence-electron chi connectivity index (χ3n) is 4.58. The van der Waals surface area contributed by atoms with Crippen LogP contribution in [0.3, 0.4) is 0 Å². The summed E-state index contributed by atoms with van der Waals surface area (Å²) in [6.45, 7) is 0.527. The van der Waals surface area contributed by atoms with E-state index in [-0.39, 0.29) is 11.9 Å². The van der Waals surface area contributed by atoms with Crippen molar-refractivity contribution in [1.29, 1.82) is 0 Å². The zero-order valence-electron chi connectivity index (χ0n) is 14.2. The molecular weight excluding hydrogens is 304 g/mol. The zero-order chi connectivity index (χ0) is 17.1. The van der Waals surface area contributed by atoms with Crippen molar-refractivity contribution >= 4 is 22.8 Å². The number of hydrogen-bond donors (Lipinski definition) is 0. The maximum atomic E-state index is 13.0. The summed E-state index contributed by atoms with van der Waals surface area (Å²) in [5.74, 6) is -0.234. The minimum atomic E-state index is -0.244. The molecule has 5 nitrogen and oxygen atoms in total. The summed E-state index contributed by atoms with van der Waals surface area (Å²) in [7, 11) is 3.17.